The highest BCUT2D eigenvalue weighted by atomic mass is 79.9. The van der Waals surface area contributed by atoms with Crippen LogP contribution in [0.15, 0.2) is 87.9 Å². The number of aromatic nitrogens is 1. The predicted molar refractivity (Wildman–Crippen MR) is 136 cm³/mol. The van der Waals surface area contributed by atoms with Crippen molar-refractivity contribution in [1.29, 1.82) is 0 Å². The summed E-state index contributed by atoms with van der Waals surface area (Å²) in [6.45, 7) is 4.24. The van der Waals surface area contributed by atoms with Crippen molar-refractivity contribution in [3.8, 4) is 11.3 Å². The van der Waals surface area contributed by atoms with Crippen molar-refractivity contribution in [1.82, 2.24) is 10.3 Å². The fourth-order valence-corrected chi connectivity index (χ4v) is 4.69. The van der Waals surface area contributed by atoms with Crippen LogP contribution >= 0.6 is 28.1 Å². The van der Waals surface area contributed by atoms with Crippen molar-refractivity contribution in [2.45, 2.75) is 25.9 Å². The molecule has 1 fully saturated rings. The van der Waals surface area contributed by atoms with Crippen molar-refractivity contribution in [3.05, 3.63) is 106 Å². The first-order valence-electron chi connectivity index (χ1n) is 10.4. The number of nitrogens with one attached hydrogen (secondary N) is 1. The standard InChI is InChI=1S/C26H22BrN3OS/c1-16-6-11-20(15-17(16)2)30-25(24(29-26(30)32)21-5-3-4-14-28-21)23-13-12-22(31-23)18-7-9-19(27)10-8-18/h3-15,24-25H,1-2H3,(H,29,32)/t24-,25-/m1/s1. The van der Waals surface area contributed by atoms with E-state index in [1.807, 2.05) is 60.8 Å². The summed E-state index contributed by atoms with van der Waals surface area (Å²) < 4.78 is 7.45. The predicted octanol–water partition coefficient (Wildman–Crippen LogP) is 6.90. The van der Waals surface area contributed by atoms with Gasteiger partial charge in [-0.3, -0.25) is 4.98 Å². The maximum Gasteiger partial charge on any atom is 0.174 e. The van der Waals surface area contributed by atoms with Gasteiger partial charge in [-0.25, -0.2) is 0 Å². The number of rotatable bonds is 4. The lowest BCUT2D eigenvalue weighted by Gasteiger charge is -2.26. The highest BCUT2D eigenvalue weighted by Gasteiger charge is 2.42. The number of thiocarbonyl (C=S) groups is 1. The Bertz CT molecular complexity index is 1270. The van der Waals surface area contributed by atoms with E-state index in [1.54, 1.807) is 0 Å². The minimum Gasteiger partial charge on any atom is -0.459 e. The van der Waals surface area contributed by atoms with E-state index in [9.17, 15) is 0 Å². The molecule has 160 valence electrons. The Morgan fingerprint density at radius 2 is 1.78 bits per heavy atom. The first-order chi connectivity index (χ1) is 15.5. The first kappa shape index (κ1) is 20.9. The van der Waals surface area contributed by atoms with Gasteiger partial charge in [-0.2, -0.15) is 0 Å². The van der Waals surface area contributed by atoms with Crippen molar-refractivity contribution < 1.29 is 4.42 Å². The average Bonchev–Trinajstić information content (AvgIpc) is 3.41. The molecule has 1 N–H and O–H groups in total. The molecule has 32 heavy (non-hydrogen) atoms. The Morgan fingerprint density at radius 1 is 0.969 bits per heavy atom. The van der Waals surface area contributed by atoms with E-state index in [-0.39, 0.29) is 12.1 Å². The summed E-state index contributed by atoms with van der Waals surface area (Å²) >= 11 is 9.30. The SMILES string of the molecule is Cc1ccc(N2C(=S)N[C@H](c3ccccn3)[C@H]2c2ccc(-c3ccc(Br)cc3)o2)cc1C. The highest BCUT2D eigenvalue weighted by molar-refractivity contribution is 9.10. The number of nitrogens with zero attached hydrogens (tertiary/aromatic N) is 2. The van der Waals surface area contributed by atoms with Gasteiger partial charge in [0.25, 0.3) is 0 Å². The Balaban J connectivity index is 1.60. The lowest BCUT2D eigenvalue weighted by molar-refractivity contribution is 0.439. The molecule has 2 aromatic carbocycles. The Kier molecular flexibility index (Phi) is 5.57. The maximum atomic E-state index is 6.41. The molecule has 0 spiro atoms. The molecule has 4 aromatic rings. The summed E-state index contributed by atoms with van der Waals surface area (Å²) in [4.78, 5) is 6.75. The molecule has 2 atom stereocenters. The molecule has 0 radical (unpaired) electrons. The molecule has 5 rings (SSSR count). The summed E-state index contributed by atoms with van der Waals surface area (Å²) in [7, 11) is 0. The van der Waals surface area contributed by atoms with Crippen molar-refractivity contribution in [2.75, 3.05) is 4.90 Å². The molecule has 0 saturated carbocycles. The van der Waals surface area contributed by atoms with Gasteiger partial charge in [0.2, 0.25) is 0 Å². The highest BCUT2D eigenvalue weighted by Crippen LogP contribution is 2.43. The number of furan rings is 1. The van der Waals surface area contributed by atoms with Gasteiger partial charge in [0.05, 0.1) is 11.7 Å². The number of hydrogen-bond acceptors (Lipinski definition) is 3. The van der Waals surface area contributed by atoms with Gasteiger partial charge in [-0.15, -0.1) is 0 Å². The van der Waals surface area contributed by atoms with E-state index in [1.165, 1.54) is 11.1 Å². The number of hydrogen-bond donors (Lipinski definition) is 1. The van der Waals surface area contributed by atoms with E-state index in [4.69, 9.17) is 16.6 Å². The smallest absolute Gasteiger partial charge is 0.174 e. The number of pyridine rings is 1. The van der Waals surface area contributed by atoms with Crippen LogP contribution < -0.4 is 10.2 Å². The molecule has 4 nitrogen and oxygen atoms in total. The maximum absolute atomic E-state index is 6.41. The van der Waals surface area contributed by atoms with Crippen LogP contribution in [-0.4, -0.2) is 10.1 Å². The van der Waals surface area contributed by atoms with E-state index < -0.39 is 0 Å². The lowest BCUT2D eigenvalue weighted by Crippen LogP contribution is -2.29. The minimum absolute atomic E-state index is 0.130. The Morgan fingerprint density at radius 3 is 2.50 bits per heavy atom. The van der Waals surface area contributed by atoms with E-state index in [0.29, 0.717) is 5.11 Å². The third-order valence-corrected chi connectivity index (χ3v) is 6.76. The largest absolute Gasteiger partial charge is 0.459 e. The van der Waals surface area contributed by atoms with Crippen LogP contribution in [0.4, 0.5) is 5.69 Å². The van der Waals surface area contributed by atoms with E-state index >= 15 is 0 Å². The van der Waals surface area contributed by atoms with Gasteiger partial charge < -0.3 is 14.6 Å². The van der Waals surface area contributed by atoms with Gasteiger partial charge in [-0.05, 0) is 85.7 Å². The summed E-state index contributed by atoms with van der Waals surface area (Å²) in [5, 5.41) is 4.15. The molecule has 2 aromatic heterocycles. The molecular formula is C26H22BrN3OS. The lowest BCUT2D eigenvalue weighted by atomic mass is 10.0. The van der Waals surface area contributed by atoms with Gasteiger partial charge in [0, 0.05) is 21.9 Å². The third-order valence-electron chi connectivity index (χ3n) is 5.91. The molecule has 0 bridgehead atoms. The molecule has 1 aliphatic heterocycles. The average molecular weight is 504 g/mol. The van der Waals surface area contributed by atoms with Crippen LogP contribution in [0.2, 0.25) is 0 Å². The zero-order valence-corrected chi connectivity index (χ0v) is 20.2. The topological polar surface area (TPSA) is 41.3 Å². The van der Waals surface area contributed by atoms with Crippen LogP contribution in [-0.2, 0) is 0 Å². The second kappa shape index (κ2) is 8.52. The number of anilines is 1. The van der Waals surface area contributed by atoms with Crippen molar-refractivity contribution in [2.24, 2.45) is 0 Å². The summed E-state index contributed by atoms with van der Waals surface area (Å²) in [5.41, 5.74) is 5.46. The van der Waals surface area contributed by atoms with E-state index in [0.717, 1.165) is 32.9 Å². The normalized spacial score (nSPS) is 18.1. The van der Waals surface area contributed by atoms with Gasteiger partial charge in [0.1, 0.15) is 17.6 Å². The fourth-order valence-electron chi connectivity index (χ4n) is 4.08. The Hall–Kier alpha value is -2.96. The van der Waals surface area contributed by atoms with Crippen molar-refractivity contribution >= 4 is 38.9 Å². The molecule has 0 aliphatic carbocycles. The summed E-state index contributed by atoms with van der Waals surface area (Å²) in [5.74, 6) is 1.66. The molecule has 1 saturated heterocycles. The molecule has 6 heteroatoms. The molecular weight excluding hydrogens is 482 g/mol. The van der Waals surface area contributed by atoms with Gasteiger partial charge >= 0.3 is 0 Å². The quantitative estimate of drug-likeness (QED) is 0.306. The third kappa shape index (κ3) is 3.85. The molecule has 0 unspecified atom stereocenters. The zero-order valence-electron chi connectivity index (χ0n) is 17.7. The molecule has 1 aliphatic rings. The van der Waals surface area contributed by atoms with Gasteiger partial charge in [-0.1, -0.05) is 40.2 Å². The molecule has 3 heterocycles. The van der Waals surface area contributed by atoms with Crippen LogP contribution in [0.5, 0.6) is 0 Å². The monoisotopic (exact) mass is 503 g/mol. The number of benzene rings is 2. The van der Waals surface area contributed by atoms with Gasteiger partial charge in [0.15, 0.2) is 5.11 Å². The van der Waals surface area contributed by atoms with Crippen LogP contribution in [0.1, 0.15) is 34.7 Å². The zero-order chi connectivity index (χ0) is 22.2. The van der Waals surface area contributed by atoms with E-state index in [2.05, 4.69) is 63.2 Å². The minimum atomic E-state index is -0.163. The first-order valence-corrected chi connectivity index (χ1v) is 11.6. The van der Waals surface area contributed by atoms with Crippen LogP contribution in [0.25, 0.3) is 11.3 Å². The fraction of sp³-hybridized carbons (Fsp3) is 0.154. The van der Waals surface area contributed by atoms with Crippen molar-refractivity contribution in [3.63, 3.8) is 0 Å². The number of halogens is 1. The number of aryl methyl sites for hydroxylation is 2. The summed E-state index contributed by atoms with van der Waals surface area (Å²) in [6, 6.07) is 24.3. The second-order valence-electron chi connectivity index (χ2n) is 7.97. The summed E-state index contributed by atoms with van der Waals surface area (Å²) in [6.07, 6.45) is 1.81. The van der Waals surface area contributed by atoms with Crippen LogP contribution in [0.3, 0.4) is 0 Å². The molecule has 0 amide bonds. The Labute approximate surface area is 201 Å². The van der Waals surface area contributed by atoms with Crippen LogP contribution in [0, 0.1) is 13.8 Å². The second-order valence-corrected chi connectivity index (χ2v) is 9.28.